The van der Waals surface area contributed by atoms with Gasteiger partial charge in [0.15, 0.2) is 0 Å². The van der Waals surface area contributed by atoms with Crippen molar-refractivity contribution in [2.45, 2.75) is 0 Å². The van der Waals surface area contributed by atoms with E-state index in [1.165, 1.54) is 0 Å². The molecule has 0 aliphatic heterocycles. The molecule has 1 nitrogen and oxygen atoms in total. The summed E-state index contributed by atoms with van der Waals surface area (Å²) in [7, 11) is 4.09. The fourth-order valence-electron chi connectivity index (χ4n) is 0.360. The zero-order valence-corrected chi connectivity index (χ0v) is 6.36. The summed E-state index contributed by atoms with van der Waals surface area (Å²) in [6, 6.07) is 0. The maximum atomic E-state index is 4.02. The molecule has 8 heavy (non-hydrogen) atoms. The van der Waals surface area contributed by atoms with Crippen molar-refractivity contribution in [3.63, 3.8) is 0 Å². The van der Waals surface area contributed by atoms with E-state index in [9.17, 15) is 0 Å². The number of likely N-dealkylation sites (N-methyl/N-ethyl adjacent to an activating group) is 1. The summed E-state index contributed by atoms with van der Waals surface area (Å²) < 4.78 is 0. The molecule has 48 valence electrons. The van der Waals surface area contributed by atoms with Crippen LogP contribution in [-0.4, -0.2) is 31.3 Å². The van der Waals surface area contributed by atoms with Crippen molar-refractivity contribution in [2.75, 3.05) is 26.4 Å². The molecule has 0 unspecified atom stereocenters. The maximum Gasteiger partial charge on any atom is 0.0157 e. The predicted octanol–water partition coefficient (Wildman–Crippen LogP) is 1.03. The molecular weight excluding hydrogens is 118 g/mol. The fraction of sp³-hybridized carbons (Fsp3) is 0.667. The Balaban J connectivity index is 3.03. The highest BCUT2D eigenvalue weighted by Gasteiger charge is 1.78. The van der Waals surface area contributed by atoms with Crippen LogP contribution in [0.2, 0.25) is 0 Å². The van der Waals surface area contributed by atoms with E-state index >= 15 is 0 Å². The van der Waals surface area contributed by atoms with E-state index in [0.717, 1.165) is 12.3 Å². The second-order valence-electron chi connectivity index (χ2n) is 1.92. The smallest absolute Gasteiger partial charge is 0.0157 e. The summed E-state index contributed by atoms with van der Waals surface area (Å²) in [4.78, 5) is 2.11. The zero-order valence-electron chi connectivity index (χ0n) is 5.46. The highest BCUT2D eigenvalue weighted by molar-refractivity contribution is 7.80. The van der Waals surface area contributed by atoms with Crippen LogP contribution >= 0.6 is 12.6 Å². The Labute approximate surface area is 56.8 Å². The third-order valence-corrected chi connectivity index (χ3v) is 0.953. The van der Waals surface area contributed by atoms with Gasteiger partial charge in [0.25, 0.3) is 0 Å². The van der Waals surface area contributed by atoms with E-state index in [-0.39, 0.29) is 0 Å². The van der Waals surface area contributed by atoms with E-state index in [4.69, 9.17) is 0 Å². The van der Waals surface area contributed by atoms with Crippen molar-refractivity contribution >= 4 is 12.6 Å². The first-order valence-electron chi connectivity index (χ1n) is 2.68. The second kappa shape index (κ2) is 5.19. The van der Waals surface area contributed by atoms with Gasteiger partial charge in [-0.15, -0.1) is 0 Å². The summed E-state index contributed by atoms with van der Waals surface area (Å²) in [5.41, 5.74) is 0. The minimum absolute atomic E-state index is 0.841. The van der Waals surface area contributed by atoms with Crippen LogP contribution in [0.25, 0.3) is 0 Å². The molecular formula is C6H13NS. The van der Waals surface area contributed by atoms with Crippen molar-refractivity contribution in [1.29, 1.82) is 0 Å². The lowest BCUT2D eigenvalue weighted by Crippen LogP contribution is -2.10. The standard InChI is InChI=1S/C6H13NS/c1-7(2)5-3-4-6-8/h3-4,8H,5-6H2,1-2H3. The monoisotopic (exact) mass is 131 g/mol. The Kier molecular flexibility index (Phi) is 5.22. The number of rotatable bonds is 3. The third-order valence-electron chi connectivity index (χ3n) is 0.743. The van der Waals surface area contributed by atoms with Crippen LogP contribution in [0.15, 0.2) is 12.2 Å². The Hall–Kier alpha value is 0.0500. The van der Waals surface area contributed by atoms with E-state index in [2.05, 4.69) is 23.6 Å². The normalized spacial score (nSPS) is 11.5. The lowest BCUT2D eigenvalue weighted by molar-refractivity contribution is 0.456. The third kappa shape index (κ3) is 6.05. The van der Waals surface area contributed by atoms with Crippen molar-refractivity contribution in [2.24, 2.45) is 0 Å². The molecule has 0 fully saturated rings. The average Bonchev–Trinajstić information content (AvgIpc) is 1.66. The molecule has 2 heteroatoms. The molecule has 0 atom stereocenters. The summed E-state index contributed by atoms with van der Waals surface area (Å²) in [6.45, 7) is 1.01. The largest absolute Gasteiger partial charge is 0.306 e. The van der Waals surface area contributed by atoms with Crippen LogP contribution < -0.4 is 0 Å². The molecule has 0 radical (unpaired) electrons. The molecule has 0 aromatic heterocycles. The van der Waals surface area contributed by atoms with Crippen molar-refractivity contribution in [1.82, 2.24) is 4.90 Å². The minimum Gasteiger partial charge on any atom is -0.306 e. The fourth-order valence-corrected chi connectivity index (χ4v) is 0.509. The molecule has 0 amide bonds. The van der Waals surface area contributed by atoms with Crippen LogP contribution in [0.4, 0.5) is 0 Å². The molecule has 0 aliphatic rings. The molecule has 0 aromatic rings. The number of hydrogen-bond donors (Lipinski definition) is 1. The van der Waals surface area contributed by atoms with Gasteiger partial charge in [-0.3, -0.25) is 0 Å². The van der Waals surface area contributed by atoms with Gasteiger partial charge in [0.1, 0.15) is 0 Å². The average molecular weight is 131 g/mol. The Morgan fingerprint density at radius 1 is 1.38 bits per heavy atom. The Morgan fingerprint density at radius 3 is 2.38 bits per heavy atom. The molecule has 0 saturated heterocycles. The van der Waals surface area contributed by atoms with E-state index in [0.29, 0.717) is 0 Å². The molecule has 0 aromatic carbocycles. The van der Waals surface area contributed by atoms with Crippen molar-refractivity contribution < 1.29 is 0 Å². The molecule has 0 aliphatic carbocycles. The maximum absolute atomic E-state index is 4.02. The highest BCUT2D eigenvalue weighted by Crippen LogP contribution is 1.79. The van der Waals surface area contributed by atoms with Gasteiger partial charge in [0, 0.05) is 12.3 Å². The van der Waals surface area contributed by atoms with Gasteiger partial charge in [-0.1, -0.05) is 12.2 Å². The lowest BCUT2D eigenvalue weighted by atomic mass is 10.5. The molecule has 0 spiro atoms. The van der Waals surface area contributed by atoms with Gasteiger partial charge >= 0.3 is 0 Å². The predicted molar refractivity (Wildman–Crippen MR) is 41.5 cm³/mol. The summed E-state index contributed by atoms with van der Waals surface area (Å²) in [6.07, 6.45) is 4.15. The second-order valence-corrected chi connectivity index (χ2v) is 2.28. The summed E-state index contributed by atoms with van der Waals surface area (Å²) >= 11 is 4.02. The van der Waals surface area contributed by atoms with Crippen LogP contribution in [0.3, 0.4) is 0 Å². The van der Waals surface area contributed by atoms with E-state index < -0.39 is 0 Å². The van der Waals surface area contributed by atoms with Crippen molar-refractivity contribution in [3.8, 4) is 0 Å². The van der Waals surface area contributed by atoms with Gasteiger partial charge < -0.3 is 4.90 Å². The Bertz CT molecular complexity index is 68.9. The van der Waals surface area contributed by atoms with Gasteiger partial charge in [0.05, 0.1) is 0 Å². The molecule has 0 N–H and O–H groups in total. The minimum atomic E-state index is 0.841. The van der Waals surface area contributed by atoms with Crippen molar-refractivity contribution in [3.05, 3.63) is 12.2 Å². The van der Waals surface area contributed by atoms with Crippen LogP contribution in [0, 0.1) is 0 Å². The van der Waals surface area contributed by atoms with Gasteiger partial charge in [-0.05, 0) is 14.1 Å². The first-order chi connectivity index (χ1) is 3.77. The first-order valence-corrected chi connectivity index (χ1v) is 3.31. The Morgan fingerprint density at radius 2 is 2.00 bits per heavy atom. The van der Waals surface area contributed by atoms with E-state index in [1.807, 2.05) is 20.2 Å². The van der Waals surface area contributed by atoms with E-state index in [1.54, 1.807) is 0 Å². The lowest BCUT2D eigenvalue weighted by Gasteiger charge is -2.02. The number of nitrogens with zero attached hydrogens (tertiary/aromatic N) is 1. The van der Waals surface area contributed by atoms with Gasteiger partial charge in [-0.25, -0.2) is 0 Å². The quantitative estimate of drug-likeness (QED) is 0.442. The number of thiol groups is 1. The molecule has 0 heterocycles. The SMILES string of the molecule is CN(C)CC=CCS. The number of hydrogen-bond acceptors (Lipinski definition) is 2. The molecule has 0 saturated carbocycles. The highest BCUT2D eigenvalue weighted by atomic mass is 32.1. The molecule has 0 rings (SSSR count). The van der Waals surface area contributed by atoms with Crippen LogP contribution in [0.5, 0.6) is 0 Å². The summed E-state index contributed by atoms with van der Waals surface area (Å²) in [5, 5.41) is 0. The molecule has 0 bridgehead atoms. The van der Waals surface area contributed by atoms with Gasteiger partial charge in [0.2, 0.25) is 0 Å². The zero-order chi connectivity index (χ0) is 6.41. The van der Waals surface area contributed by atoms with Crippen LogP contribution in [-0.2, 0) is 0 Å². The summed E-state index contributed by atoms with van der Waals surface area (Å²) in [5.74, 6) is 0.841. The topological polar surface area (TPSA) is 3.24 Å². The van der Waals surface area contributed by atoms with Gasteiger partial charge in [-0.2, -0.15) is 12.6 Å². The van der Waals surface area contributed by atoms with Crippen LogP contribution in [0.1, 0.15) is 0 Å². The first kappa shape index (κ1) is 8.05.